The lowest BCUT2D eigenvalue weighted by Gasteiger charge is -2.25. The highest BCUT2D eigenvalue weighted by Crippen LogP contribution is 2.31. The molecule has 2 rings (SSSR count). The Morgan fingerprint density at radius 1 is 1.15 bits per heavy atom. The largest absolute Gasteiger partial charge is 0.368 e. The molecule has 0 bridgehead atoms. The van der Waals surface area contributed by atoms with Gasteiger partial charge >= 0.3 is 0 Å². The molecule has 0 fully saturated rings. The Hall–Kier alpha value is -2.58. The summed E-state index contributed by atoms with van der Waals surface area (Å²) in [5.41, 5.74) is 6.48. The minimum Gasteiger partial charge on any atom is -0.368 e. The molecule has 0 atom stereocenters. The van der Waals surface area contributed by atoms with Crippen LogP contribution in [0.1, 0.15) is 12.5 Å². The van der Waals surface area contributed by atoms with Gasteiger partial charge in [0.2, 0.25) is 11.8 Å². The van der Waals surface area contributed by atoms with Crippen LogP contribution in [0.15, 0.2) is 47.4 Å². The molecular weight excluding hydrogens is 378 g/mol. The van der Waals surface area contributed by atoms with Gasteiger partial charge in [-0.3, -0.25) is 13.9 Å². The monoisotopic (exact) mass is 395 g/mol. The third-order valence-corrected chi connectivity index (χ3v) is 5.75. The Labute approximate surface area is 156 Å². The maximum atomic E-state index is 13.1. The highest BCUT2D eigenvalue weighted by molar-refractivity contribution is 7.92. The number of carbonyl (C=O) groups is 2. The zero-order chi connectivity index (χ0) is 19.5. The highest BCUT2D eigenvalue weighted by atomic mass is 35.5. The van der Waals surface area contributed by atoms with Gasteiger partial charge in [0.1, 0.15) is 6.54 Å². The fourth-order valence-corrected chi connectivity index (χ4v) is 4.01. The van der Waals surface area contributed by atoms with Gasteiger partial charge in [0.25, 0.3) is 10.0 Å². The smallest absolute Gasteiger partial charge is 0.264 e. The molecule has 0 aliphatic rings. The third kappa shape index (κ3) is 4.33. The topological polar surface area (TPSA) is 110 Å². The molecule has 2 aromatic carbocycles. The van der Waals surface area contributed by atoms with Crippen LogP contribution in [0.3, 0.4) is 0 Å². The van der Waals surface area contributed by atoms with Crippen molar-refractivity contribution in [1.82, 2.24) is 0 Å². The van der Waals surface area contributed by atoms with E-state index >= 15 is 0 Å². The number of nitrogens with one attached hydrogen (secondary N) is 1. The Bertz CT molecular complexity index is 943. The van der Waals surface area contributed by atoms with E-state index in [0.29, 0.717) is 16.3 Å². The summed E-state index contributed by atoms with van der Waals surface area (Å²) in [6, 6.07) is 10.4. The molecule has 138 valence electrons. The van der Waals surface area contributed by atoms with Crippen LogP contribution < -0.4 is 15.4 Å². The lowest BCUT2D eigenvalue weighted by Crippen LogP contribution is -2.39. The average molecular weight is 396 g/mol. The Balaban J connectivity index is 2.51. The van der Waals surface area contributed by atoms with Gasteiger partial charge in [0.05, 0.1) is 10.6 Å². The molecule has 0 spiro atoms. The molecule has 0 saturated heterocycles. The fourth-order valence-electron chi connectivity index (χ4n) is 2.35. The zero-order valence-electron chi connectivity index (χ0n) is 14.2. The van der Waals surface area contributed by atoms with Crippen LogP contribution in [0.2, 0.25) is 5.02 Å². The molecule has 0 unspecified atom stereocenters. The van der Waals surface area contributed by atoms with Crippen LogP contribution >= 0.6 is 11.6 Å². The zero-order valence-corrected chi connectivity index (χ0v) is 15.8. The normalized spacial score (nSPS) is 11.0. The van der Waals surface area contributed by atoms with Crippen LogP contribution in [0.4, 0.5) is 11.4 Å². The van der Waals surface area contributed by atoms with Crippen molar-refractivity contribution in [2.24, 2.45) is 5.73 Å². The quantitative estimate of drug-likeness (QED) is 0.781. The van der Waals surface area contributed by atoms with Crippen LogP contribution in [-0.2, 0) is 19.6 Å². The van der Waals surface area contributed by atoms with Crippen molar-refractivity contribution in [3.05, 3.63) is 53.1 Å². The number of anilines is 2. The van der Waals surface area contributed by atoms with Gasteiger partial charge in [-0.1, -0.05) is 17.7 Å². The van der Waals surface area contributed by atoms with E-state index in [1.165, 1.54) is 31.2 Å². The first-order chi connectivity index (χ1) is 12.1. The molecule has 2 amide bonds. The summed E-state index contributed by atoms with van der Waals surface area (Å²) < 4.78 is 27.0. The van der Waals surface area contributed by atoms with Crippen molar-refractivity contribution in [1.29, 1.82) is 0 Å². The first-order valence-electron chi connectivity index (χ1n) is 7.56. The average Bonchev–Trinajstić information content (AvgIpc) is 2.55. The molecule has 7 nitrogen and oxygen atoms in total. The van der Waals surface area contributed by atoms with Crippen LogP contribution in [-0.4, -0.2) is 26.8 Å². The molecule has 9 heteroatoms. The van der Waals surface area contributed by atoms with Crippen LogP contribution in [0.25, 0.3) is 0 Å². The fraction of sp³-hybridized carbons (Fsp3) is 0.176. The number of carbonyl (C=O) groups excluding carboxylic acids is 2. The lowest BCUT2D eigenvalue weighted by molar-refractivity contribution is -0.116. The molecule has 3 N–H and O–H groups in total. The van der Waals surface area contributed by atoms with Crippen molar-refractivity contribution in [3.8, 4) is 0 Å². The van der Waals surface area contributed by atoms with Gasteiger partial charge in [-0.25, -0.2) is 8.42 Å². The SMILES string of the molecule is CC(=O)Nc1ccc(S(=O)(=O)N(CC(N)=O)c2cccc(Cl)c2C)cc1. The number of hydrogen-bond donors (Lipinski definition) is 2. The minimum absolute atomic E-state index is 0.0489. The standard InChI is InChI=1S/C17H18ClN3O4S/c1-11-15(18)4-3-5-16(11)21(10-17(19)23)26(24,25)14-8-6-13(7-9-14)20-12(2)22/h3-9H,10H2,1-2H3,(H2,19,23)(H,20,22). The highest BCUT2D eigenvalue weighted by Gasteiger charge is 2.28. The minimum atomic E-state index is -4.07. The summed E-state index contributed by atoms with van der Waals surface area (Å²) in [6.45, 7) is 2.47. The Morgan fingerprint density at radius 2 is 1.77 bits per heavy atom. The summed E-state index contributed by atoms with van der Waals surface area (Å²) in [5.74, 6) is -1.08. The number of benzene rings is 2. The Kier molecular flexibility index (Phi) is 5.89. The second-order valence-electron chi connectivity index (χ2n) is 5.57. The first kappa shape index (κ1) is 19.7. The van der Waals surface area contributed by atoms with Gasteiger partial charge in [-0.2, -0.15) is 0 Å². The molecule has 0 saturated carbocycles. The van der Waals surface area contributed by atoms with Gasteiger partial charge < -0.3 is 11.1 Å². The van der Waals surface area contributed by atoms with E-state index in [4.69, 9.17) is 17.3 Å². The summed E-state index contributed by atoms with van der Waals surface area (Å²) in [5, 5.41) is 2.92. The van der Waals surface area contributed by atoms with Crippen molar-refractivity contribution in [2.75, 3.05) is 16.2 Å². The number of hydrogen-bond acceptors (Lipinski definition) is 4. The van der Waals surface area contributed by atoms with E-state index in [0.717, 1.165) is 4.31 Å². The van der Waals surface area contributed by atoms with Gasteiger partial charge in [-0.05, 0) is 48.9 Å². The number of nitrogens with two attached hydrogens (primary N) is 1. The summed E-state index contributed by atoms with van der Waals surface area (Å²) in [7, 11) is -4.07. The molecule has 0 aromatic heterocycles. The number of primary amides is 1. The van der Waals surface area contributed by atoms with E-state index in [9.17, 15) is 18.0 Å². The molecule has 0 radical (unpaired) electrons. The van der Waals surface area contributed by atoms with Crippen LogP contribution in [0, 0.1) is 6.92 Å². The number of halogens is 1. The van der Waals surface area contributed by atoms with E-state index in [2.05, 4.69) is 5.32 Å². The second-order valence-corrected chi connectivity index (χ2v) is 7.84. The summed E-state index contributed by atoms with van der Waals surface area (Å²) in [6.07, 6.45) is 0. The molecule has 26 heavy (non-hydrogen) atoms. The van der Waals surface area contributed by atoms with E-state index in [-0.39, 0.29) is 16.5 Å². The number of amides is 2. The molecule has 0 heterocycles. The first-order valence-corrected chi connectivity index (χ1v) is 9.38. The van der Waals surface area contributed by atoms with Crippen molar-refractivity contribution < 1.29 is 18.0 Å². The van der Waals surface area contributed by atoms with Gasteiger partial charge in [0.15, 0.2) is 0 Å². The third-order valence-electron chi connectivity index (χ3n) is 3.57. The van der Waals surface area contributed by atoms with Crippen molar-refractivity contribution >= 4 is 44.8 Å². The molecule has 0 aliphatic heterocycles. The second kappa shape index (κ2) is 7.76. The number of sulfonamides is 1. The van der Waals surface area contributed by atoms with E-state index in [1.807, 2.05) is 0 Å². The Morgan fingerprint density at radius 3 is 2.31 bits per heavy atom. The van der Waals surface area contributed by atoms with Gasteiger partial charge in [-0.15, -0.1) is 0 Å². The summed E-state index contributed by atoms with van der Waals surface area (Å²) in [4.78, 5) is 22.5. The predicted octanol–water partition coefficient (Wildman–Crippen LogP) is 2.29. The summed E-state index contributed by atoms with van der Waals surface area (Å²) >= 11 is 6.08. The van der Waals surface area contributed by atoms with Crippen molar-refractivity contribution in [3.63, 3.8) is 0 Å². The maximum absolute atomic E-state index is 13.1. The molecule has 0 aliphatic carbocycles. The number of rotatable bonds is 6. The van der Waals surface area contributed by atoms with Crippen molar-refractivity contribution in [2.45, 2.75) is 18.7 Å². The van der Waals surface area contributed by atoms with E-state index < -0.39 is 22.5 Å². The molecule has 2 aromatic rings. The van der Waals surface area contributed by atoms with Crippen LogP contribution in [0.5, 0.6) is 0 Å². The number of nitrogens with zero attached hydrogens (tertiary/aromatic N) is 1. The van der Waals surface area contributed by atoms with Gasteiger partial charge in [0, 0.05) is 17.6 Å². The van der Waals surface area contributed by atoms with E-state index in [1.54, 1.807) is 25.1 Å². The molecular formula is C17H18ClN3O4S. The maximum Gasteiger partial charge on any atom is 0.264 e. The predicted molar refractivity (Wildman–Crippen MR) is 101 cm³/mol. The lowest BCUT2D eigenvalue weighted by atomic mass is 10.2.